The van der Waals surface area contributed by atoms with E-state index >= 15 is 0 Å². The molecule has 1 aromatic carbocycles. The number of rotatable bonds is 4. The van der Waals surface area contributed by atoms with E-state index in [0.29, 0.717) is 5.76 Å². The van der Waals surface area contributed by atoms with Crippen LogP contribution in [0.2, 0.25) is 0 Å². The summed E-state index contributed by atoms with van der Waals surface area (Å²) >= 11 is 0. The van der Waals surface area contributed by atoms with E-state index in [1.54, 1.807) is 6.07 Å². The van der Waals surface area contributed by atoms with E-state index in [4.69, 9.17) is 4.42 Å². The molecule has 1 aromatic heterocycles. The maximum Gasteiger partial charge on any atom is 0.200 e. The van der Waals surface area contributed by atoms with Crippen LogP contribution >= 0.6 is 0 Å². The van der Waals surface area contributed by atoms with Crippen LogP contribution in [0.5, 0.6) is 0 Å². The SMILES string of the molecule is Fc1c(F)c(F)c(CO/N=C/c2ccco2)c(F)c1F. The van der Waals surface area contributed by atoms with Crippen molar-refractivity contribution < 1.29 is 31.2 Å². The first-order valence-electron chi connectivity index (χ1n) is 5.21. The Morgan fingerprint density at radius 1 is 1.00 bits per heavy atom. The lowest BCUT2D eigenvalue weighted by molar-refractivity contribution is 0.124. The van der Waals surface area contributed by atoms with Gasteiger partial charge in [-0.3, -0.25) is 0 Å². The minimum absolute atomic E-state index is 0.294. The maximum absolute atomic E-state index is 13.2. The number of nitrogens with zero attached hydrogens (tertiary/aromatic N) is 1. The average Bonchev–Trinajstić information content (AvgIpc) is 2.95. The molecule has 0 radical (unpaired) electrons. The summed E-state index contributed by atoms with van der Waals surface area (Å²) in [6, 6.07) is 3.08. The molecule has 2 rings (SSSR count). The third-order valence-corrected chi connectivity index (χ3v) is 2.31. The number of halogens is 5. The van der Waals surface area contributed by atoms with Crippen molar-refractivity contribution in [2.24, 2.45) is 5.16 Å². The highest BCUT2D eigenvalue weighted by molar-refractivity contribution is 5.74. The Labute approximate surface area is 109 Å². The van der Waals surface area contributed by atoms with E-state index in [1.807, 2.05) is 0 Å². The number of hydrogen-bond acceptors (Lipinski definition) is 3. The Morgan fingerprint density at radius 3 is 2.15 bits per heavy atom. The summed E-state index contributed by atoms with van der Waals surface area (Å²) in [4.78, 5) is 4.48. The van der Waals surface area contributed by atoms with Gasteiger partial charge in [-0.2, -0.15) is 0 Å². The van der Waals surface area contributed by atoms with Gasteiger partial charge in [0.15, 0.2) is 23.3 Å². The summed E-state index contributed by atoms with van der Waals surface area (Å²) in [7, 11) is 0. The zero-order chi connectivity index (χ0) is 14.7. The van der Waals surface area contributed by atoms with Gasteiger partial charge in [0.1, 0.15) is 18.6 Å². The summed E-state index contributed by atoms with van der Waals surface area (Å²) < 4.78 is 69.8. The van der Waals surface area contributed by atoms with Gasteiger partial charge in [0, 0.05) is 0 Å². The zero-order valence-corrected chi connectivity index (χ0v) is 9.67. The molecule has 8 heteroatoms. The molecule has 2 aromatic rings. The molecule has 0 bridgehead atoms. The Morgan fingerprint density at radius 2 is 1.60 bits per heavy atom. The predicted molar refractivity (Wildman–Crippen MR) is 57.3 cm³/mol. The first-order chi connectivity index (χ1) is 9.52. The fourth-order valence-electron chi connectivity index (χ4n) is 1.33. The van der Waals surface area contributed by atoms with E-state index in [-0.39, 0.29) is 0 Å². The van der Waals surface area contributed by atoms with Crippen LogP contribution < -0.4 is 0 Å². The van der Waals surface area contributed by atoms with Crippen LogP contribution in [-0.2, 0) is 11.4 Å². The first kappa shape index (κ1) is 14.0. The molecule has 0 amide bonds. The van der Waals surface area contributed by atoms with Gasteiger partial charge in [0.05, 0.1) is 11.8 Å². The van der Waals surface area contributed by atoms with Crippen molar-refractivity contribution in [2.75, 3.05) is 0 Å². The van der Waals surface area contributed by atoms with Crippen molar-refractivity contribution >= 4 is 6.21 Å². The van der Waals surface area contributed by atoms with Crippen LogP contribution in [-0.4, -0.2) is 6.21 Å². The molecular weight excluding hydrogens is 285 g/mol. The molecule has 20 heavy (non-hydrogen) atoms. The van der Waals surface area contributed by atoms with E-state index in [2.05, 4.69) is 9.99 Å². The molecule has 0 aliphatic heterocycles. The van der Waals surface area contributed by atoms with Gasteiger partial charge >= 0.3 is 0 Å². The fraction of sp³-hybridized carbons (Fsp3) is 0.0833. The molecule has 0 saturated carbocycles. The average molecular weight is 291 g/mol. The number of benzene rings is 1. The van der Waals surface area contributed by atoms with Gasteiger partial charge in [-0.15, -0.1) is 0 Å². The van der Waals surface area contributed by atoms with Crippen LogP contribution in [0.4, 0.5) is 22.0 Å². The van der Waals surface area contributed by atoms with Crippen molar-refractivity contribution in [3.05, 3.63) is 58.8 Å². The van der Waals surface area contributed by atoms with Gasteiger partial charge in [0.25, 0.3) is 0 Å². The maximum atomic E-state index is 13.2. The molecule has 106 valence electrons. The van der Waals surface area contributed by atoms with Crippen LogP contribution in [0.1, 0.15) is 11.3 Å². The largest absolute Gasteiger partial charge is 0.463 e. The van der Waals surface area contributed by atoms with Gasteiger partial charge < -0.3 is 9.25 Å². The molecule has 0 aliphatic rings. The molecule has 0 N–H and O–H groups in total. The quantitative estimate of drug-likeness (QED) is 0.284. The van der Waals surface area contributed by atoms with Crippen molar-refractivity contribution in [2.45, 2.75) is 6.61 Å². The Hall–Kier alpha value is -2.38. The molecule has 0 spiro atoms. The van der Waals surface area contributed by atoms with Gasteiger partial charge in [-0.05, 0) is 12.1 Å². The highest BCUT2D eigenvalue weighted by Gasteiger charge is 2.25. The number of oxime groups is 1. The molecule has 0 saturated heterocycles. The third kappa shape index (κ3) is 2.63. The molecular formula is C12H6F5NO2. The summed E-state index contributed by atoms with van der Waals surface area (Å²) in [5.41, 5.74) is -1.10. The lowest BCUT2D eigenvalue weighted by Gasteiger charge is -2.06. The molecule has 0 atom stereocenters. The smallest absolute Gasteiger partial charge is 0.200 e. The van der Waals surface area contributed by atoms with Crippen molar-refractivity contribution in [3.8, 4) is 0 Å². The van der Waals surface area contributed by atoms with Crippen molar-refractivity contribution in [1.82, 2.24) is 0 Å². The lowest BCUT2D eigenvalue weighted by atomic mass is 10.2. The van der Waals surface area contributed by atoms with Gasteiger partial charge in [-0.1, -0.05) is 5.16 Å². The second-order valence-corrected chi connectivity index (χ2v) is 3.57. The van der Waals surface area contributed by atoms with Crippen LogP contribution in [0, 0.1) is 29.1 Å². The van der Waals surface area contributed by atoms with E-state index in [9.17, 15) is 22.0 Å². The normalized spacial score (nSPS) is 11.2. The Kier molecular flexibility index (Phi) is 4.02. The molecule has 0 unspecified atom stereocenters. The Balaban J connectivity index is 2.14. The van der Waals surface area contributed by atoms with Gasteiger partial charge in [0.2, 0.25) is 5.82 Å². The summed E-state index contributed by atoms with van der Waals surface area (Å²) in [5, 5.41) is 3.28. The fourth-order valence-corrected chi connectivity index (χ4v) is 1.33. The molecule has 0 fully saturated rings. The second kappa shape index (κ2) is 5.72. The molecule has 1 heterocycles. The third-order valence-electron chi connectivity index (χ3n) is 2.31. The summed E-state index contributed by atoms with van der Waals surface area (Å²) in [6.07, 6.45) is 2.43. The lowest BCUT2D eigenvalue weighted by Crippen LogP contribution is -2.07. The Bertz CT molecular complexity index is 611. The summed E-state index contributed by atoms with van der Waals surface area (Å²) in [5.74, 6) is -9.88. The standard InChI is InChI=1S/C12H6F5NO2/c13-8-7(9(14)11(16)12(17)10(8)15)5-20-18-4-6-2-1-3-19-6/h1-4H,5H2/b18-4+. The number of furan rings is 1. The van der Waals surface area contributed by atoms with Crippen molar-refractivity contribution in [3.63, 3.8) is 0 Å². The minimum atomic E-state index is -2.22. The first-order valence-corrected chi connectivity index (χ1v) is 5.21. The van der Waals surface area contributed by atoms with Crippen LogP contribution in [0.3, 0.4) is 0 Å². The second-order valence-electron chi connectivity index (χ2n) is 3.57. The van der Waals surface area contributed by atoms with E-state index in [1.165, 1.54) is 12.3 Å². The predicted octanol–water partition coefficient (Wildman–Crippen LogP) is 3.53. The minimum Gasteiger partial charge on any atom is -0.463 e. The topological polar surface area (TPSA) is 34.7 Å². The highest BCUT2D eigenvalue weighted by Crippen LogP contribution is 2.23. The van der Waals surface area contributed by atoms with Crippen LogP contribution in [0.25, 0.3) is 0 Å². The van der Waals surface area contributed by atoms with Crippen LogP contribution in [0.15, 0.2) is 28.0 Å². The molecule has 3 nitrogen and oxygen atoms in total. The highest BCUT2D eigenvalue weighted by atomic mass is 19.2. The monoisotopic (exact) mass is 291 g/mol. The van der Waals surface area contributed by atoms with Gasteiger partial charge in [-0.25, -0.2) is 22.0 Å². The molecule has 0 aliphatic carbocycles. The van der Waals surface area contributed by atoms with Crippen molar-refractivity contribution in [1.29, 1.82) is 0 Å². The van der Waals surface area contributed by atoms with E-state index in [0.717, 1.165) is 6.21 Å². The van der Waals surface area contributed by atoms with E-state index < -0.39 is 41.3 Å². The zero-order valence-electron chi connectivity index (χ0n) is 9.67. The summed E-state index contributed by atoms with van der Waals surface area (Å²) in [6.45, 7) is -0.914. The number of hydrogen-bond donors (Lipinski definition) is 0.